The number of ether oxygens (including phenoxy) is 1. The van der Waals surface area contributed by atoms with Crippen LogP contribution in [0.25, 0.3) is 0 Å². The highest BCUT2D eigenvalue weighted by Gasteiger charge is 2.27. The molecule has 0 atom stereocenters. The lowest BCUT2D eigenvalue weighted by Gasteiger charge is -2.24. The van der Waals surface area contributed by atoms with Crippen LogP contribution in [-0.4, -0.2) is 0 Å². The van der Waals surface area contributed by atoms with Crippen molar-refractivity contribution in [3.63, 3.8) is 0 Å². The summed E-state index contributed by atoms with van der Waals surface area (Å²) in [6.07, 6.45) is 0. The molecular weight excluding hydrogens is 274 g/mol. The van der Waals surface area contributed by atoms with E-state index in [9.17, 15) is 0 Å². The number of para-hydroxylation sites is 2. The second-order valence-electron chi connectivity index (χ2n) is 5.57. The summed E-state index contributed by atoms with van der Waals surface area (Å²) in [4.78, 5) is 2.15. The lowest BCUT2D eigenvalue weighted by Crippen LogP contribution is -2.11. The Morgan fingerprint density at radius 3 is 2.45 bits per heavy atom. The molecule has 0 N–H and O–H groups in total. The maximum atomic E-state index is 5.97. The van der Waals surface area contributed by atoms with Gasteiger partial charge in [-0.05, 0) is 31.5 Å². The zero-order valence-corrected chi connectivity index (χ0v) is 12.7. The molecule has 3 aromatic rings. The Morgan fingerprint density at radius 2 is 1.64 bits per heavy atom. The van der Waals surface area contributed by atoms with E-state index in [1.807, 2.05) is 37.3 Å². The van der Waals surface area contributed by atoms with Crippen molar-refractivity contribution in [3.05, 3.63) is 71.5 Å². The van der Waals surface area contributed by atoms with Crippen LogP contribution in [0.2, 0.25) is 0 Å². The Hall–Kier alpha value is -2.68. The van der Waals surface area contributed by atoms with Crippen LogP contribution >= 0.6 is 0 Å². The van der Waals surface area contributed by atoms with Crippen LogP contribution in [-0.2, 0) is 6.61 Å². The van der Waals surface area contributed by atoms with Gasteiger partial charge in [-0.1, -0.05) is 36.4 Å². The average Bonchev–Trinajstić information content (AvgIpc) is 2.82. The molecule has 110 valence electrons. The van der Waals surface area contributed by atoms with Crippen molar-refractivity contribution in [2.45, 2.75) is 20.5 Å². The van der Waals surface area contributed by atoms with Gasteiger partial charge in [-0.3, -0.25) is 4.90 Å². The van der Waals surface area contributed by atoms with E-state index >= 15 is 0 Å². The third kappa shape index (κ3) is 1.98. The molecule has 22 heavy (non-hydrogen) atoms. The van der Waals surface area contributed by atoms with Crippen molar-refractivity contribution < 1.29 is 9.15 Å². The molecule has 0 amide bonds. The molecule has 0 saturated heterocycles. The van der Waals surface area contributed by atoms with Gasteiger partial charge in [0.05, 0.1) is 11.4 Å². The van der Waals surface area contributed by atoms with Gasteiger partial charge in [-0.25, -0.2) is 0 Å². The van der Waals surface area contributed by atoms with Gasteiger partial charge in [0.25, 0.3) is 0 Å². The second-order valence-corrected chi connectivity index (χ2v) is 5.57. The largest absolute Gasteiger partial charge is 0.483 e. The minimum atomic E-state index is 0.546. The highest BCUT2D eigenvalue weighted by Crippen LogP contribution is 2.46. The van der Waals surface area contributed by atoms with E-state index in [4.69, 9.17) is 9.15 Å². The van der Waals surface area contributed by atoms with Crippen molar-refractivity contribution >= 4 is 17.3 Å². The summed E-state index contributed by atoms with van der Waals surface area (Å²) in [7, 11) is 0. The van der Waals surface area contributed by atoms with Crippen LogP contribution in [0.1, 0.15) is 16.9 Å². The van der Waals surface area contributed by atoms with Crippen molar-refractivity contribution in [1.29, 1.82) is 0 Å². The van der Waals surface area contributed by atoms with E-state index in [1.54, 1.807) is 0 Å². The Bertz CT molecular complexity index is 835. The molecular formula is C19H17NO2. The first-order chi connectivity index (χ1) is 10.7. The highest BCUT2D eigenvalue weighted by atomic mass is 16.5. The molecule has 4 rings (SSSR count). The number of aryl methyl sites for hydroxylation is 2. The van der Waals surface area contributed by atoms with Gasteiger partial charge in [0, 0.05) is 11.6 Å². The molecule has 0 unspecified atom stereocenters. The summed E-state index contributed by atoms with van der Waals surface area (Å²) >= 11 is 0. The first kappa shape index (κ1) is 13.0. The van der Waals surface area contributed by atoms with Gasteiger partial charge >= 0.3 is 0 Å². The summed E-state index contributed by atoms with van der Waals surface area (Å²) in [6.45, 7) is 4.60. The fraction of sp³-hybridized carbons (Fsp3) is 0.158. The first-order valence-electron chi connectivity index (χ1n) is 7.41. The maximum Gasteiger partial charge on any atom is 0.247 e. The predicted molar refractivity (Wildman–Crippen MR) is 87.2 cm³/mol. The molecule has 1 aromatic heterocycles. The Labute approximate surface area is 129 Å². The topological polar surface area (TPSA) is 25.6 Å². The Kier molecular flexibility index (Phi) is 2.93. The number of anilines is 3. The molecule has 3 heteroatoms. The minimum absolute atomic E-state index is 0.546. The fourth-order valence-electron chi connectivity index (χ4n) is 2.91. The van der Waals surface area contributed by atoms with Gasteiger partial charge in [0.2, 0.25) is 5.88 Å². The zero-order valence-electron chi connectivity index (χ0n) is 12.7. The van der Waals surface area contributed by atoms with Gasteiger partial charge in [-0.15, -0.1) is 0 Å². The average molecular weight is 291 g/mol. The van der Waals surface area contributed by atoms with Crippen molar-refractivity contribution in [2.24, 2.45) is 0 Å². The summed E-state index contributed by atoms with van der Waals surface area (Å²) in [5, 5.41) is 0. The number of rotatable bonds is 1. The number of hydrogen-bond donors (Lipinski definition) is 0. The molecule has 0 radical (unpaired) electrons. The molecule has 0 fully saturated rings. The van der Waals surface area contributed by atoms with Crippen LogP contribution in [0.3, 0.4) is 0 Å². The lowest BCUT2D eigenvalue weighted by atomic mass is 10.1. The highest BCUT2D eigenvalue weighted by molar-refractivity contribution is 5.81. The number of nitrogens with zero attached hydrogens (tertiary/aromatic N) is 1. The predicted octanol–water partition coefficient (Wildman–Crippen LogP) is 5.26. The number of furan rings is 1. The normalized spacial score (nSPS) is 13.1. The molecule has 1 aliphatic heterocycles. The van der Waals surface area contributed by atoms with E-state index < -0.39 is 0 Å². The monoisotopic (exact) mass is 291 g/mol. The van der Waals surface area contributed by atoms with Crippen LogP contribution in [0, 0.1) is 13.8 Å². The van der Waals surface area contributed by atoms with Gasteiger partial charge in [-0.2, -0.15) is 0 Å². The van der Waals surface area contributed by atoms with E-state index in [0.29, 0.717) is 6.61 Å². The summed E-state index contributed by atoms with van der Waals surface area (Å²) in [6, 6.07) is 18.6. The minimum Gasteiger partial charge on any atom is -0.483 e. The first-order valence-corrected chi connectivity index (χ1v) is 7.41. The molecule has 1 aliphatic rings. The SMILES string of the molecule is Cc1cc2c(o1)N(c1ccccc1C)c1ccccc1CO2. The van der Waals surface area contributed by atoms with Crippen LogP contribution in [0.4, 0.5) is 17.3 Å². The number of hydrogen-bond acceptors (Lipinski definition) is 3. The van der Waals surface area contributed by atoms with Crippen molar-refractivity contribution in [2.75, 3.05) is 4.90 Å². The summed E-state index contributed by atoms with van der Waals surface area (Å²) in [5.74, 6) is 2.39. The molecule has 0 aliphatic carbocycles. The third-order valence-corrected chi connectivity index (χ3v) is 3.98. The summed E-state index contributed by atoms with van der Waals surface area (Å²) in [5.41, 5.74) is 4.55. The third-order valence-electron chi connectivity index (χ3n) is 3.98. The van der Waals surface area contributed by atoms with Gasteiger partial charge in [0.1, 0.15) is 12.4 Å². The lowest BCUT2D eigenvalue weighted by molar-refractivity contribution is 0.308. The maximum absolute atomic E-state index is 5.97. The molecule has 2 heterocycles. The number of benzene rings is 2. The molecule has 0 saturated carbocycles. The van der Waals surface area contributed by atoms with Gasteiger partial charge in [0.15, 0.2) is 5.75 Å². The Balaban J connectivity index is 2.01. The van der Waals surface area contributed by atoms with Crippen molar-refractivity contribution in [3.8, 4) is 5.75 Å². The quantitative estimate of drug-likeness (QED) is 0.611. The Morgan fingerprint density at radius 1 is 0.909 bits per heavy atom. The van der Waals surface area contributed by atoms with Crippen LogP contribution < -0.4 is 9.64 Å². The second kappa shape index (κ2) is 4.95. The van der Waals surface area contributed by atoms with Crippen molar-refractivity contribution in [1.82, 2.24) is 0 Å². The molecule has 0 bridgehead atoms. The number of fused-ring (bicyclic) bond motifs is 2. The van der Waals surface area contributed by atoms with E-state index in [2.05, 4.69) is 36.1 Å². The standard InChI is InChI=1S/C19H17NO2/c1-13-7-3-5-9-16(13)20-17-10-6-4-8-15(17)12-21-18-11-14(2)22-19(18)20/h3-11H,12H2,1-2H3. The van der Waals surface area contributed by atoms with Gasteiger partial charge < -0.3 is 9.15 Å². The van der Waals surface area contributed by atoms with Crippen LogP contribution in [0.15, 0.2) is 59.0 Å². The molecule has 0 spiro atoms. The van der Waals surface area contributed by atoms with E-state index in [1.165, 1.54) is 5.56 Å². The smallest absolute Gasteiger partial charge is 0.247 e. The molecule has 2 aromatic carbocycles. The van der Waals surface area contributed by atoms with E-state index in [-0.39, 0.29) is 0 Å². The molecule has 3 nitrogen and oxygen atoms in total. The fourth-order valence-corrected chi connectivity index (χ4v) is 2.91. The van der Waals surface area contributed by atoms with E-state index in [0.717, 1.165) is 34.3 Å². The zero-order chi connectivity index (χ0) is 15.1. The van der Waals surface area contributed by atoms with Crippen LogP contribution in [0.5, 0.6) is 5.75 Å². The summed E-state index contributed by atoms with van der Waals surface area (Å²) < 4.78 is 11.9.